The summed E-state index contributed by atoms with van der Waals surface area (Å²) in [6.07, 6.45) is 2.31. The molecular formula is C17H21ClN4O2S. The van der Waals surface area contributed by atoms with Gasteiger partial charge < -0.3 is 10.2 Å². The molecule has 6 nitrogen and oxygen atoms in total. The van der Waals surface area contributed by atoms with E-state index in [4.69, 9.17) is 11.6 Å². The Morgan fingerprint density at radius 2 is 2.16 bits per heavy atom. The van der Waals surface area contributed by atoms with Crippen LogP contribution in [0.1, 0.15) is 18.9 Å². The molecule has 1 saturated heterocycles. The molecule has 0 bridgehead atoms. The second kappa shape index (κ2) is 7.17. The van der Waals surface area contributed by atoms with Gasteiger partial charge in [-0.3, -0.25) is 0 Å². The number of rotatable bonds is 5. The van der Waals surface area contributed by atoms with Crippen LogP contribution in [-0.2, 0) is 9.84 Å². The molecule has 8 heteroatoms. The van der Waals surface area contributed by atoms with Gasteiger partial charge in [0.1, 0.15) is 5.82 Å². The second-order valence-corrected chi connectivity index (χ2v) is 8.83. The number of nitrogens with zero attached hydrogens (tertiary/aromatic N) is 3. The van der Waals surface area contributed by atoms with Crippen molar-refractivity contribution < 1.29 is 8.42 Å². The highest BCUT2D eigenvalue weighted by Crippen LogP contribution is 2.26. The molecule has 0 spiro atoms. The Kier molecular flexibility index (Phi) is 5.15. The van der Waals surface area contributed by atoms with E-state index in [1.807, 2.05) is 43.0 Å². The average molecular weight is 381 g/mol. The number of hydrogen-bond donors (Lipinski definition) is 1. The van der Waals surface area contributed by atoms with Gasteiger partial charge in [-0.05, 0) is 44.0 Å². The van der Waals surface area contributed by atoms with E-state index < -0.39 is 9.84 Å². The SMILES string of the molecule is CCN(c1ccnc(Nc2cc(Cl)ccc2C)n1)C1CCS(=O)(=O)C1. The van der Waals surface area contributed by atoms with Gasteiger partial charge in [0.25, 0.3) is 0 Å². The lowest BCUT2D eigenvalue weighted by molar-refractivity contribution is 0.599. The molecule has 1 N–H and O–H groups in total. The Hall–Kier alpha value is -1.86. The molecule has 25 heavy (non-hydrogen) atoms. The van der Waals surface area contributed by atoms with Crippen LogP contribution in [0.5, 0.6) is 0 Å². The van der Waals surface area contributed by atoms with E-state index >= 15 is 0 Å². The Balaban J connectivity index is 1.84. The first-order valence-corrected chi connectivity index (χ1v) is 10.4. The first-order chi connectivity index (χ1) is 11.9. The summed E-state index contributed by atoms with van der Waals surface area (Å²) in [4.78, 5) is 10.9. The summed E-state index contributed by atoms with van der Waals surface area (Å²) in [6.45, 7) is 4.67. The van der Waals surface area contributed by atoms with Gasteiger partial charge in [-0.15, -0.1) is 0 Å². The van der Waals surface area contributed by atoms with Gasteiger partial charge in [-0.1, -0.05) is 17.7 Å². The van der Waals surface area contributed by atoms with E-state index in [-0.39, 0.29) is 17.5 Å². The van der Waals surface area contributed by atoms with Crippen LogP contribution in [0.3, 0.4) is 0 Å². The second-order valence-electron chi connectivity index (χ2n) is 6.17. The summed E-state index contributed by atoms with van der Waals surface area (Å²) in [5.41, 5.74) is 1.88. The Morgan fingerprint density at radius 3 is 2.84 bits per heavy atom. The van der Waals surface area contributed by atoms with Crippen molar-refractivity contribution in [1.82, 2.24) is 9.97 Å². The average Bonchev–Trinajstić information content (AvgIpc) is 2.92. The van der Waals surface area contributed by atoms with E-state index in [2.05, 4.69) is 15.3 Å². The monoisotopic (exact) mass is 380 g/mol. The molecule has 134 valence electrons. The van der Waals surface area contributed by atoms with Gasteiger partial charge in [-0.25, -0.2) is 13.4 Å². The number of aromatic nitrogens is 2. The number of nitrogens with one attached hydrogen (secondary N) is 1. The van der Waals surface area contributed by atoms with Crippen molar-refractivity contribution in [3.8, 4) is 0 Å². The van der Waals surface area contributed by atoms with E-state index in [0.29, 0.717) is 23.9 Å². The lowest BCUT2D eigenvalue weighted by atomic mass is 10.2. The standard InChI is InChI=1S/C17H21ClN4O2S/c1-3-22(14-7-9-25(23,24)11-14)16-6-8-19-17(21-16)20-15-10-13(18)5-4-12(15)2/h4-6,8,10,14H,3,7,9,11H2,1-2H3,(H,19,20,21). The van der Waals surface area contributed by atoms with Crippen molar-refractivity contribution in [3.05, 3.63) is 41.0 Å². The van der Waals surface area contributed by atoms with Crippen LogP contribution >= 0.6 is 11.6 Å². The van der Waals surface area contributed by atoms with Crippen LogP contribution < -0.4 is 10.2 Å². The molecule has 0 amide bonds. The van der Waals surface area contributed by atoms with Gasteiger partial charge in [-0.2, -0.15) is 4.98 Å². The highest BCUT2D eigenvalue weighted by atomic mass is 35.5. The Bertz CT molecular complexity index is 873. The topological polar surface area (TPSA) is 75.2 Å². The third-order valence-corrected chi connectivity index (χ3v) is 6.36. The zero-order chi connectivity index (χ0) is 18.0. The number of benzene rings is 1. The van der Waals surface area contributed by atoms with Crippen molar-refractivity contribution in [2.45, 2.75) is 26.3 Å². The van der Waals surface area contributed by atoms with Crippen LogP contribution in [0.25, 0.3) is 0 Å². The van der Waals surface area contributed by atoms with Gasteiger partial charge in [0.2, 0.25) is 5.95 Å². The van der Waals surface area contributed by atoms with Crippen LogP contribution in [0.2, 0.25) is 5.02 Å². The number of hydrogen-bond acceptors (Lipinski definition) is 6. The molecule has 1 atom stereocenters. The van der Waals surface area contributed by atoms with Crippen LogP contribution in [0, 0.1) is 6.92 Å². The van der Waals surface area contributed by atoms with Gasteiger partial charge >= 0.3 is 0 Å². The molecular weight excluding hydrogens is 360 g/mol. The smallest absolute Gasteiger partial charge is 0.229 e. The van der Waals surface area contributed by atoms with E-state index in [1.165, 1.54) is 0 Å². The van der Waals surface area contributed by atoms with E-state index in [1.54, 1.807) is 6.20 Å². The van der Waals surface area contributed by atoms with Crippen molar-refractivity contribution in [2.75, 3.05) is 28.3 Å². The molecule has 1 aliphatic heterocycles. The number of halogens is 1. The third kappa shape index (κ3) is 4.22. The van der Waals surface area contributed by atoms with E-state index in [0.717, 1.165) is 17.1 Å². The molecule has 2 heterocycles. The number of aryl methyl sites for hydroxylation is 1. The molecule has 0 radical (unpaired) electrons. The fourth-order valence-corrected chi connectivity index (χ4v) is 4.95. The minimum absolute atomic E-state index is 0.0364. The fourth-order valence-electron chi connectivity index (χ4n) is 3.05. The lowest BCUT2D eigenvalue weighted by Gasteiger charge is -2.28. The van der Waals surface area contributed by atoms with Crippen molar-refractivity contribution in [2.24, 2.45) is 0 Å². The molecule has 0 aliphatic carbocycles. The quantitative estimate of drug-likeness (QED) is 0.858. The van der Waals surface area contributed by atoms with E-state index in [9.17, 15) is 8.42 Å². The Morgan fingerprint density at radius 1 is 1.36 bits per heavy atom. The number of anilines is 3. The molecule has 3 rings (SSSR count). The lowest BCUT2D eigenvalue weighted by Crippen LogP contribution is -2.36. The van der Waals surface area contributed by atoms with Crippen LogP contribution in [0.15, 0.2) is 30.5 Å². The molecule has 1 aromatic carbocycles. The predicted octanol–water partition coefficient (Wildman–Crippen LogP) is 3.20. The maximum absolute atomic E-state index is 11.8. The number of sulfone groups is 1. The van der Waals surface area contributed by atoms with Gasteiger partial charge in [0.15, 0.2) is 9.84 Å². The summed E-state index contributed by atoms with van der Waals surface area (Å²) in [5, 5.41) is 3.82. The molecule has 0 saturated carbocycles. The highest BCUT2D eigenvalue weighted by molar-refractivity contribution is 7.91. The summed E-state index contributed by atoms with van der Waals surface area (Å²) >= 11 is 6.05. The zero-order valence-electron chi connectivity index (χ0n) is 14.2. The van der Waals surface area contributed by atoms with Crippen molar-refractivity contribution in [1.29, 1.82) is 0 Å². The van der Waals surface area contributed by atoms with Gasteiger partial charge in [0, 0.05) is 29.5 Å². The Labute approximate surface area is 153 Å². The molecule has 1 fully saturated rings. The summed E-state index contributed by atoms with van der Waals surface area (Å²) in [6, 6.07) is 7.36. The van der Waals surface area contributed by atoms with Crippen molar-refractivity contribution in [3.63, 3.8) is 0 Å². The molecule has 1 unspecified atom stereocenters. The summed E-state index contributed by atoms with van der Waals surface area (Å²) in [7, 11) is -2.94. The predicted molar refractivity (Wildman–Crippen MR) is 102 cm³/mol. The highest BCUT2D eigenvalue weighted by Gasteiger charge is 2.32. The van der Waals surface area contributed by atoms with Crippen LogP contribution in [-0.4, -0.2) is 42.5 Å². The third-order valence-electron chi connectivity index (χ3n) is 4.37. The molecule has 1 aliphatic rings. The summed E-state index contributed by atoms with van der Waals surface area (Å²) in [5.74, 6) is 1.61. The zero-order valence-corrected chi connectivity index (χ0v) is 15.8. The first-order valence-electron chi connectivity index (χ1n) is 8.21. The maximum atomic E-state index is 11.8. The molecule has 1 aromatic heterocycles. The fraction of sp³-hybridized carbons (Fsp3) is 0.412. The molecule has 2 aromatic rings. The maximum Gasteiger partial charge on any atom is 0.229 e. The summed E-state index contributed by atoms with van der Waals surface area (Å²) < 4.78 is 23.6. The van der Waals surface area contributed by atoms with Crippen molar-refractivity contribution >= 4 is 38.9 Å². The van der Waals surface area contributed by atoms with Gasteiger partial charge in [0.05, 0.1) is 11.5 Å². The normalized spacial score (nSPS) is 18.9. The first kappa shape index (κ1) is 17.9. The minimum atomic E-state index is -2.94. The largest absolute Gasteiger partial charge is 0.353 e. The minimum Gasteiger partial charge on any atom is -0.353 e. The van der Waals surface area contributed by atoms with Crippen LogP contribution in [0.4, 0.5) is 17.5 Å².